The molecule has 0 bridgehead atoms. The van der Waals surface area contributed by atoms with Crippen LogP contribution < -0.4 is 0 Å². The number of aliphatic hydroxyl groups excluding tert-OH is 1. The summed E-state index contributed by atoms with van der Waals surface area (Å²) in [6.45, 7) is 5.93. The summed E-state index contributed by atoms with van der Waals surface area (Å²) < 4.78 is 0. The quantitative estimate of drug-likeness (QED) is 0.905. The molecule has 19 heavy (non-hydrogen) atoms. The molecular formula is C16H23NO2. The summed E-state index contributed by atoms with van der Waals surface area (Å²) in [5.41, 5.74) is 3.52. The summed E-state index contributed by atoms with van der Waals surface area (Å²) >= 11 is 0. The van der Waals surface area contributed by atoms with Gasteiger partial charge in [0.1, 0.15) is 0 Å². The lowest BCUT2D eigenvalue weighted by Crippen LogP contribution is -2.40. The zero-order valence-corrected chi connectivity index (χ0v) is 11.9. The van der Waals surface area contributed by atoms with Crippen LogP contribution in [-0.4, -0.2) is 35.6 Å². The normalized spacial score (nSPS) is 16.7. The van der Waals surface area contributed by atoms with E-state index in [9.17, 15) is 4.79 Å². The fourth-order valence-electron chi connectivity index (χ4n) is 2.63. The van der Waals surface area contributed by atoms with E-state index in [0.29, 0.717) is 12.3 Å². The Kier molecular flexibility index (Phi) is 4.59. The highest BCUT2D eigenvalue weighted by molar-refractivity contribution is 5.79. The molecule has 0 radical (unpaired) electrons. The molecule has 1 heterocycles. The maximum atomic E-state index is 12.3. The van der Waals surface area contributed by atoms with Crippen molar-refractivity contribution in [1.82, 2.24) is 4.90 Å². The number of carbonyl (C=O) groups excluding carboxylic acids is 1. The van der Waals surface area contributed by atoms with Gasteiger partial charge in [-0.05, 0) is 43.7 Å². The summed E-state index contributed by atoms with van der Waals surface area (Å²) in [7, 11) is 0. The molecule has 1 aliphatic heterocycles. The van der Waals surface area contributed by atoms with Crippen LogP contribution in [0.15, 0.2) is 18.2 Å². The molecule has 1 aromatic carbocycles. The molecule has 1 saturated heterocycles. The number of benzene rings is 1. The molecule has 3 nitrogen and oxygen atoms in total. The Hall–Kier alpha value is -1.35. The third-order valence-electron chi connectivity index (χ3n) is 4.07. The van der Waals surface area contributed by atoms with Gasteiger partial charge in [0.2, 0.25) is 5.91 Å². The minimum atomic E-state index is 0.213. The van der Waals surface area contributed by atoms with Gasteiger partial charge in [0.05, 0.1) is 6.42 Å². The number of rotatable bonds is 3. The summed E-state index contributed by atoms with van der Waals surface area (Å²) in [6, 6.07) is 6.26. The Balaban J connectivity index is 1.96. The summed E-state index contributed by atoms with van der Waals surface area (Å²) in [6.07, 6.45) is 2.35. The van der Waals surface area contributed by atoms with E-state index in [1.165, 1.54) is 11.1 Å². The number of hydrogen-bond donors (Lipinski definition) is 1. The molecule has 0 aliphatic carbocycles. The highest BCUT2D eigenvalue weighted by Crippen LogP contribution is 2.18. The third kappa shape index (κ3) is 3.57. The largest absolute Gasteiger partial charge is 0.396 e. The lowest BCUT2D eigenvalue weighted by molar-refractivity contribution is -0.132. The number of nitrogens with zero attached hydrogens (tertiary/aromatic N) is 1. The van der Waals surface area contributed by atoms with Crippen molar-refractivity contribution >= 4 is 5.91 Å². The van der Waals surface area contributed by atoms with Gasteiger partial charge in [-0.15, -0.1) is 0 Å². The molecule has 1 aromatic rings. The van der Waals surface area contributed by atoms with Gasteiger partial charge in [0.15, 0.2) is 0 Å². The van der Waals surface area contributed by atoms with Crippen molar-refractivity contribution in [2.24, 2.45) is 5.92 Å². The Morgan fingerprint density at radius 3 is 2.63 bits per heavy atom. The number of hydrogen-bond acceptors (Lipinski definition) is 2. The Labute approximate surface area is 115 Å². The maximum Gasteiger partial charge on any atom is 0.226 e. The van der Waals surface area contributed by atoms with Crippen LogP contribution >= 0.6 is 0 Å². The summed E-state index contributed by atoms with van der Waals surface area (Å²) in [5, 5.41) is 9.11. The minimum absolute atomic E-state index is 0.213. The first-order chi connectivity index (χ1) is 9.10. The average Bonchev–Trinajstić information content (AvgIpc) is 2.43. The summed E-state index contributed by atoms with van der Waals surface area (Å²) in [5.74, 6) is 0.592. The molecule has 1 aliphatic rings. The van der Waals surface area contributed by atoms with E-state index in [-0.39, 0.29) is 12.5 Å². The second-order valence-corrected chi connectivity index (χ2v) is 5.61. The molecule has 2 rings (SSSR count). The van der Waals surface area contributed by atoms with Crippen LogP contribution in [0.1, 0.15) is 29.5 Å². The second kappa shape index (κ2) is 6.20. The molecule has 1 fully saturated rings. The van der Waals surface area contributed by atoms with Gasteiger partial charge in [-0.25, -0.2) is 0 Å². The predicted molar refractivity (Wildman–Crippen MR) is 76.0 cm³/mol. The van der Waals surface area contributed by atoms with Crippen molar-refractivity contribution in [3.8, 4) is 0 Å². The standard InChI is InChI=1S/C16H23NO2/c1-12-3-4-13(2)15(9-12)10-16(19)17-7-5-14(11-18)6-8-17/h3-4,9,14,18H,5-8,10-11H2,1-2H3. The van der Waals surface area contributed by atoms with Crippen molar-refractivity contribution in [1.29, 1.82) is 0 Å². The van der Waals surface area contributed by atoms with Crippen LogP contribution in [0.25, 0.3) is 0 Å². The number of likely N-dealkylation sites (tertiary alicyclic amines) is 1. The van der Waals surface area contributed by atoms with Gasteiger partial charge >= 0.3 is 0 Å². The zero-order chi connectivity index (χ0) is 13.8. The first-order valence-electron chi connectivity index (χ1n) is 7.05. The van der Waals surface area contributed by atoms with Gasteiger partial charge < -0.3 is 10.0 Å². The van der Waals surface area contributed by atoms with Crippen molar-refractivity contribution in [3.63, 3.8) is 0 Å². The lowest BCUT2D eigenvalue weighted by atomic mass is 9.96. The minimum Gasteiger partial charge on any atom is -0.396 e. The Morgan fingerprint density at radius 2 is 2.00 bits per heavy atom. The molecule has 0 unspecified atom stereocenters. The first kappa shape index (κ1) is 14.1. The van der Waals surface area contributed by atoms with E-state index in [1.807, 2.05) is 4.90 Å². The molecular weight excluding hydrogens is 238 g/mol. The summed E-state index contributed by atoms with van der Waals surface area (Å²) in [4.78, 5) is 14.2. The van der Waals surface area contributed by atoms with Gasteiger partial charge in [-0.2, -0.15) is 0 Å². The zero-order valence-electron chi connectivity index (χ0n) is 11.9. The van der Waals surface area contributed by atoms with E-state index in [2.05, 4.69) is 32.0 Å². The molecule has 0 saturated carbocycles. The highest BCUT2D eigenvalue weighted by Gasteiger charge is 2.22. The number of piperidine rings is 1. The van der Waals surface area contributed by atoms with Gasteiger partial charge in [0, 0.05) is 19.7 Å². The smallest absolute Gasteiger partial charge is 0.226 e. The molecule has 0 atom stereocenters. The van der Waals surface area contributed by atoms with Crippen LogP contribution in [0, 0.1) is 19.8 Å². The topological polar surface area (TPSA) is 40.5 Å². The molecule has 1 amide bonds. The number of aryl methyl sites for hydroxylation is 2. The van der Waals surface area contributed by atoms with Gasteiger partial charge in [-0.1, -0.05) is 23.8 Å². The van der Waals surface area contributed by atoms with Crippen LogP contribution in [0.4, 0.5) is 0 Å². The van der Waals surface area contributed by atoms with E-state index in [1.54, 1.807) is 0 Å². The average molecular weight is 261 g/mol. The van der Waals surface area contributed by atoms with Crippen molar-refractivity contribution < 1.29 is 9.90 Å². The number of amides is 1. The monoisotopic (exact) mass is 261 g/mol. The molecule has 104 valence electrons. The lowest BCUT2D eigenvalue weighted by Gasteiger charge is -2.31. The van der Waals surface area contributed by atoms with E-state index in [0.717, 1.165) is 31.5 Å². The molecule has 3 heteroatoms. The number of aliphatic hydroxyl groups is 1. The van der Waals surface area contributed by atoms with Crippen molar-refractivity contribution in [2.75, 3.05) is 19.7 Å². The van der Waals surface area contributed by atoms with E-state index >= 15 is 0 Å². The fourth-order valence-corrected chi connectivity index (χ4v) is 2.63. The van der Waals surface area contributed by atoms with E-state index < -0.39 is 0 Å². The third-order valence-corrected chi connectivity index (χ3v) is 4.07. The van der Waals surface area contributed by atoms with E-state index in [4.69, 9.17) is 5.11 Å². The maximum absolute atomic E-state index is 12.3. The predicted octanol–water partition coefficient (Wildman–Crippen LogP) is 2.08. The van der Waals surface area contributed by atoms with Crippen LogP contribution in [-0.2, 0) is 11.2 Å². The van der Waals surface area contributed by atoms with Crippen molar-refractivity contribution in [3.05, 3.63) is 34.9 Å². The second-order valence-electron chi connectivity index (χ2n) is 5.61. The molecule has 0 spiro atoms. The van der Waals surface area contributed by atoms with Crippen LogP contribution in [0.2, 0.25) is 0 Å². The first-order valence-corrected chi connectivity index (χ1v) is 7.05. The Bertz CT molecular complexity index is 448. The SMILES string of the molecule is Cc1ccc(C)c(CC(=O)N2CCC(CO)CC2)c1. The highest BCUT2D eigenvalue weighted by atomic mass is 16.3. The van der Waals surface area contributed by atoms with Crippen LogP contribution in [0.3, 0.4) is 0 Å². The van der Waals surface area contributed by atoms with Crippen molar-refractivity contribution in [2.45, 2.75) is 33.1 Å². The fraction of sp³-hybridized carbons (Fsp3) is 0.562. The Morgan fingerprint density at radius 1 is 1.32 bits per heavy atom. The molecule has 0 aromatic heterocycles. The van der Waals surface area contributed by atoms with Crippen LogP contribution in [0.5, 0.6) is 0 Å². The van der Waals surface area contributed by atoms with Gasteiger partial charge in [-0.3, -0.25) is 4.79 Å². The number of carbonyl (C=O) groups is 1. The molecule has 1 N–H and O–H groups in total. The van der Waals surface area contributed by atoms with Gasteiger partial charge in [0.25, 0.3) is 0 Å².